The fourth-order valence-electron chi connectivity index (χ4n) is 2.17. The van der Waals surface area contributed by atoms with E-state index in [0.29, 0.717) is 27.5 Å². The smallest absolute Gasteiger partial charge is 0.409 e. The summed E-state index contributed by atoms with van der Waals surface area (Å²) in [6.45, 7) is 0. The Morgan fingerprint density at radius 1 is 1.00 bits per heavy atom. The van der Waals surface area contributed by atoms with E-state index >= 15 is 0 Å². The Morgan fingerprint density at radius 3 is 2.46 bits per heavy atom. The molecule has 2 aromatic carbocycles. The molecule has 0 aliphatic heterocycles. The van der Waals surface area contributed by atoms with Gasteiger partial charge in [0.25, 0.3) is 0 Å². The molecule has 0 unspecified atom stereocenters. The van der Waals surface area contributed by atoms with Gasteiger partial charge in [0.15, 0.2) is 0 Å². The Balaban J connectivity index is 1.76. The van der Waals surface area contributed by atoms with E-state index in [2.05, 4.69) is 41.8 Å². The van der Waals surface area contributed by atoms with E-state index in [1.165, 1.54) is 12.4 Å². The monoisotopic (exact) mass is 417 g/mol. The van der Waals surface area contributed by atoms with Crippen molar-refractivity contribution in [3.63, 3.8) is 0 Å². The number of nitrogens with one attached hydrogen (secondary N) is 3. The Labute approximate surface area is 156 Å². The second kappa shape index (κ2) is 7.79. The molecule has 9 heteroatoms. The van der Waals surface area contributed by atoms with E-state index < -0.39 is 11.9 Å². The summed E-state index contributed by atoms with van der Waals surface area (Å²) < 4.78 is 14.6. The number of hydrogen-bond donors (Lipinski definition) is 4. The van der Waals surface area contributed by atoms with Crippen LogP contribution in [0.4, 0.5) is 37.9 Å². The largest absolute Gasteiger partial charge is 0.465 e. The van der Waals surface area contributed by atoms with Gasteiger partial charge in [-0.3, -0.25) is 5.32 Å². The number of hydrogen-bond acceptors (Lipinski definition) is 5. The van der Waals surface area contributed by atoms with Crippen LogP contribution in [0.3, 0.4) is 0 Å². The van der Waals surface area contributed by atoms with Gasteiger partial charge in [-0.25, -0.2) is 19.2 Å². The van der Waals surface area contributed by atoms with Gasteiger partial charge in [0, 0.05) is 21.9 Å². The van der Waals surface area contributed by atoms with Crippen molar-refractivity contribution in [1.82, 2.24) is 9.97 Å². The number of rotatable bonds is 5. The molecule has 0 spiro atoms. The molecule has 4 N–H and O–H groups in total. The molecule has 0 atom stereocenters. The molecular weight excluding hydrogens is 405 g/mol. The van der Waals surface area contributed by atoms with Gasteiger partial charge in [0.1, 0.15) is 23.8 Å². The second-order valence-electron chi connectivity index (χ2n) is 5.17. The van der Waals surface area contributed by atoms with Crippen LogP contribution in [0.1, 0.15) is 0 Å². The predicted octanol–water partition coefficient (Wildman–Crippen LogP) is 4.96. The minimum absolute atomic E-state index is 0.283. The second-order valence-corrected chi connectivity index (χ2v) is 6.09. The maximum Gasteiger partial charge on any atom is 0.409 e. The normalized spacial score (nSPS) is 10.2. The first-order valence-corrected chi connectivity index (χ1v) is 8.20. The van der Waals surface area contributed by atoms with Gasteiger partial charge in [-0.1, -0.05) is 22.0 Å². The lowest BCUT2D eigenvalue weighted by Gasteiger charge is -2.10. The highest BCUT2D eigenvalue weighted by atomic mass is 79.9. The van der Waals surface area contributed by atoms with Crippen LogP contribution in [-0.4, -0.2) is 21.2 Å². The average molecular weight is 418 g/mol. The summed E-state index contributed by atoms with van der Waals surface area (Å²) in [4.78, 5) is 18.9. The number of aromatic nitrogens is 2. The molecule has 3 aromatic rings. The molecular formula is C17H13BrFN5O2. The Hall–Kier alpha value is -3.20. The van der Waals surface area contributed by atoms with Crippen LogP contribution in [0.25, 0.3) is 0 Å². The van der Waals surface area contributed by atoms with Crippen LogP contribution in [0.5, 0.6) is 0 Å². The van der Waals surface area contributed by atoms with Crippen LogP contribution in [-0.2, 0) is 0 Å². The lowest BCUT2D eigenvalue weighted by atomic mass is 10.2. The molecule has 26 heavy (non-hydrogen) atoms. The molecule has 1 amide bonds. The number of halogens is 2. The van der Waals surface area contributed by atoms with Crippen LogP contribution in [0, 0.1) is 5.82 Å². The van der Waals surface area contributed by atoms with Crippen LogP contribution < -0.4 is 16.0 Å². The molecule has 0 aliphatic carbocycles. The van der Waals surface area contributed by atoms with Gasteiger partial charge in [-0.05, 0) is 36.4 Å². The Bertz CT molecular complexity index is 954. The maximum absolute atomic E-state index is 13.9. The van der Waals surface area contributed by atoms with Crippen LogP contribution in [0.2, 0.25) is 0 Å². The molecule has 0 radical (unpaired) electrons. The Morgan fingerprint density at radius 2 is 1.73 bits per heavy atom. The standard InChI is InChI=1S/C17H13BrFN5O2/c18-10-4-5-14(13(19)6-10)24-16-8-15(20-9-21-16)22-11-2-1-3-12(7-11)23-17(25)26/h1-9,23H,(H,25,26)(H2,20,21,22,24). The summed E-state index contributed by atoms with van der Waals surface area (Å²) in [5.41, 5.74) is 1.34. The van der Waals surface area contributed by atoms with Crippen molar-refractivity contribution < 1.29 is 14.3 Å². The SMILES string of the molecule is O=C(O)Nc1cccc(Nc2cc(Nc3ccc(Br)cc3F)ncn2)c1. The summed E-state index contributed by atoms with van der Waals surface area (Å²) in [6.07, 6.45) is 0.188. The van der Waals surface area contributed by atoms with Gasteiger partial charge < -0.3 is 15.7 Å². The van der Waals surface area contributed by atoms with Crippen molar-refractivity contribution in [2.45, 2.75) is 0 Å². The summed E-state index contributed by atoms with van der Waals surface area (Å²) in [5, 5.41) is 17.0. The number of anilines is 5. The maximum atomic E-state index is 13.9. The number of amides is 1. The first kappa shape index (κ1) is 17.6. The van der Waals surface area contributed by atoms with Crippen molar-refractivity contribution in [1.29, 1.82) is 0 Å². The molecule has 3 rings (SSSR count). The lowest BCUT2D eigenvalue weighted by molar-refractivity contribution is 0.210. The van der Waals surface area contributed by atoms with Crippen LogP contribution >= 0.6 is 15.9 Å². The van der Waals surface area contributed by atoms with Gasteiger partial charge in [-0.2, -0.15) is 0 Å². The van der Waals surface area contributed by atoms with E-state index in [4.69, 9.17) is 5.11 Å². The molecule has 7 nitrogen and oxygen atoms in total. The van der Waals surface area contributed by atoms with Gasteiger partial charge in [-0.15, -0.1) is 0 Å². The highest BCUT2D eigenvalue weighted by Crippen LogP contribution is 2.24. The molecule has 0 fully saturated rings. The highest BCUT2D eigenvalue weighted by Gasteiger charge is 2.06. The minimum atomic E-state index is -1.15. The molecule has 132 valence electrons. The lowest BCUT2D eigenvalue weighted by Crippen LogP contribution is -2.07. The van der Waals surface area contributed by atoms with E-state index in [9.17, 15) is 9.18 Å². The van der Waals surface area contributed by atoms with Crippen molar-refractivity contribution in [3.05, 3.63) is 65.1 Å². The molecule has 0 saturated heterocycles. The first-order valence-electron chi connectivity index (χ1n) is 7.41. The quantitative estimate of drug-likeness (QED) is 0.468. The van der Waals surface area contributed by atoms with Crippen LogP contribution in [0.15, 0.2) is 59.3 Å². The third-order valence-corrected chi connectivity index (χ3v) is 3.74. The van der Waals surface area contributed by atoms with Gasteiger partial charge in [0.2, 0.25) is 0 Å². The number of carboxylic acid groups (broad SMARTS) is 1. The molecule has 0 aliphatic rings. The zero-order chi connectivity index (χ0) is 18.5. The van der Waals surface area contributed by atoms with E-state index in [1.807, 2.05) is 0 Å². The fourth-order valence-corrected chi connectivity index (χ4v) is 2.50. The summed E-state index contributed by atoms with van der Waals surface area (Å²) in [5.74, 6) is 0.455. The third-order valence-electron chi connectivity index (χ3n) is 3.25. The topological polar surface area (TPSA) is 99.2 Å². The Kier molecular flexibility index (Phi) is 5.28. The first-order chi connectivity index (χ1) is 12.5. The summed E-state index contributed by atoms with van der Waals surface area (Å²) in [6, 6.07) is 13.0. The van der Waals surface area contributed by atoms with Crippen molar-refractivity contribution in [3.8, 4) is 0 Å². The van der Waals surface area contributed by atoms with Crippen molar-refractivity contribution in [2.75, 3.05) is 16.0 Å². The number of carbonyl (C=O) groups is 1. The molecule has 1 aromatic heterocycles. The van der Waals surface area contributed by atoms with Crippen molar-refractivity contribution in [2.24, 2.45) is 0 Å². The zero-order valence-electron chi connectivity index (χ0n) is 13.2. The minimum Gasteiger partial charge on any atom is -0.465 e. The number of benzene rings is 2. The average Bonchev–Trinajstić information content (AvgIpc) is 2.57. The third kappa shape index (κ3) is 4.67. The molecule has 0 saturated carbocycles. The highest BCUT2D eigenvalue weighted by molar-refractivity contribution is 9.10. The van der Waals surface area contributed by atoms with Gasteiger partial charge >= 0.3 is 6.09 Å². The molecule has 0 bridgehead atoms. The predicted molar refractivity (Wildman–Crippen MR) is 101 cm³/mol. The summed E-state index contributed by atoms with van der Waals surface area (Å²) in [7, 11) is 0. The van der Waals surface area contributed by atoms with E-state index in [0.717, 1.165) is 0 Å². The van der Waals surface area contributed by atoms with E-state index in [1.54, 1.807) is 42.5 Å². The molecule has 1 heterocycles. The number of nitrogens with zero attached hydrogens (tertiary/aromatic N) is 2. The van der Waals surface area contributed by atoms with Crippen molar-refractivity contribution >= 4 is 50.7 Å². The van der Waals surface area contributed by atoms with Gasteiger partial charge in [0.05, 0.1) is 5.69 Å². The fraction of sp³-hybridized carbons (Fsp3) is 0. The van der Waals surface area contributed by atoms with E-state index in [-0.39, 0.29) is 5.69 Å². The zero-order valence-corrected chi connectivity index (χ0v) is 14.8. The summed E-state index contributed by atoms with van der Waals surface area (Å²) >= 11 is 3.21.